The third-order valence-corrected chi connectivity index (χ3v) is 0. The number of hydrogen-bond donors (Lipinski definition) is 3. The molecule has 0 atom stereocenters. The molecule has 14 heavy (non-hydrogen) atoms. The van der Waals surface area contributed by atoms with Gasteiger partial charge >= 0.3 is 0 Å². The summed E-state index contributed by atoms with van der Waals surface area (Å²) in [5.74, 6) is 0. The van der Waals surface area contributed by atoms with Crippen molar-refractivity contribution in [3.8, 4) is 0 Å². The van der Waals surface area contributed by atoms with Gasteiger partial charge in [-0.15, -0.1) is 0 Å². The zero-order valence-corrected chi connectivity index (χ0v) is 11.5. The smallest absolute Gasteiger partial charge is 0.0483 e. The third kappa shape index (κ3) is 6050. The molecule has 0 radical (unpaired) electrons. The van der Waals surface area contributed by atoms with Crippen molar-refractivity contribution < 1.29 is 41.7 Å². The maximum Gasteiger partial charge on any atom is 0.0483 e. The summed E-state index contributed by atoms with van der Waals surface area (Å²) in [5, 5.41) is 24.2. The van der Waals surface area contributed by atoms with Crippen LogP contribution in [-0.4, -0.2) is 33.6 Å². The summed E-state index contributed by atoms with van der Waals surface area (Å²) in [6.45, 7) is 10.3. The Labute approximate surface area is 102 Å². The van der Waals surface area contributed by atoms with Gasteiger partial charge in [-0.25, -0.2) is 0 Å². The molecule has 0 unspecified atom stereocenters. The maximum atomic E-state index is 8.06. The molecule has 0 aromatic carbocycles. The van der Waals surface area contributed by atoms with E-state index in [0.717, 1.165) is 0 Å². The molecule has 0 amide bonds. The van der Waals surface area contributed by atoms with Crippen molar-refractivity contribution in [2.24, 2.45) is 0 Å². The predicted molar refractivity (Wildman–Crippen MR) is 52.1 cm³/mol. The van der Waals surface area contributed by atoms with Gasteiger partial charge in [0.2, 0.25) is 0 Å². The molecular formula is C9H24FO3Ti-. The van der Waals surface area contributed by atoms with Crippen LogP contribution >= 0.6 is 0 Å². The van der Waals surface area contributed by atoms with Crippen molar-refractivity contribution >= 4 is 0 Å². The molecule has 3 nitrogen and oxygen atoms in total. The third-order valence-electron chi connectivity index (χ3n) is 0. The van der Waals surface area contributed by atoms with Crippen molar-refractivity contribution in [1.29, 1.82) is 0 Å². The van der Waals surface area contributed by atoms with Crippen LogP contribution < -0.4 is 4.70 Å². The normalized spacial score (nSPS) is 7.71. The minimum absolute atomic E-state index is 0. The van der Waals surface area contributed by atoms with Gasteiger partial charge in [0, 0.05) is 40.0 Å². The molecule has 90 valence electrons. The minimum atomic E-state index is -0.167. The Balaban J connectivity index is -0.0000000270. The van der Waals surface area contributed by atoms with Crippen molar-refractivity contribution in [1.82, 2.24) is 0 Å². The summed E-state index contributed by atoms with van der Waals surface area (Å²) in [4.78, 5) is 0. The van der Waals surface area contributed by atoms with E-state index in [4.69, 9.17) is 15.3 Å². The van der Waals surface area contributed by atoms with E-state index in [0.29, 0.717) is 0 Å². The van der Waals surface area contributed by atoms with Crippen molar-refractivity contribution in [3.05, 3.63) is 0 Å². The Morgan fingerprint density at radius 2 is 0.571 bits per heavy atom. The second-order valence-corrected chi connectivity index (χ2v) is 3.28. The van der Waals surface area contributed by atoms with E-state index in [1.807, 2.05) is 0 Å². The zero-order chi connectivity index (χ0) is 10.7. The second kappa shape index (κ2) is 23.4. The zero-order valence-electron chi connectivity index (χ0n) is 9.95. The molecule has 0 aliphatic carbocycles. The first-order chi connectivity index (χ1) is 5.20. The van der Waals surface area contributed by atoms with Crippen LogP contribution in [-0.2, 0) is 21.7 Å². The fourth-order valence-corrected chi connectivity index (χ4v) is 0. The summed E-state index contributed by atoms with van der Waals surface area (Å²) in [6, 6.07) is 0. The van der Waals surface area contributed by atoms with Gasteiger partial charge in [0.1, 0.15) is 0 Å². The van der Waals surface area contributed by atoms with Crippen molar-refractivity contribution in [3.63, 3.8) is 0 Å². The molecule has 3 N–H and O–H groups in total. The number of rotatable bonds is 0. The average Bonchev–Trinajstić information content (AvgIpc) is 1.54. The molecule has 0 fully saturated rings. The van der Waals surface area contributed by atoms with Gasteiger partial charge in [-0.05, 0) is 41.5 Å². The molecule has 0 aromatic heterocycles. The van der Waals surface area contributed by atoms with Gasteiger partial charge in [0.15, 0.2) is 0 Å². The van der Waals surface area contributed by atoms with E-state index in [1.165, 1.54) is 0 Å². The van der Waals surface area contributed by atoms with E-state index >= 15 is 0 Å². The van der Waals surface area contributed by atoms with Gasteiger partial charge in [-0.1, -0.05) is 0 Å². The SMILES string of the molecule is CC(C)O.CC(C)O.CC(C)O.[F-].[Ti]. The molecular weight excluding hydrogens is 223 g/mol. The van der Waals surface area contributed by atoms with Crippen LogP contribution in [0.25, 0.3) is 0 Å². The molecule has 0 heterocycles. The molecule has 0 saturated heterocycles. The quantitative estimate of drug-likeness (QED) is 0.441. The molecule has 0 rings (SSSR count). The van der Waals surface area contributed by atoms with Crippen LogP contribution in [0.2, 0.25) is 0 Å². The topological polar surface area (TPSA) is 60.7 Å². The van der Waals surface area contributed by atoms with E-state index in [9.17, 15) is 0 Å². The van der Waals surface area contributed by atoms with Gasteiger partial charge in [-0.2, -0.15) is 0 Å². The van der Waals surface area contributed by atoms with Crippen LogP contribution in [0.1, 0.15) is 41.5 Å². The summed E-state index contributed by atoms with van der Waals surface area (Å²) in [7, 11) is 0. The van der Waals surface area contributed by atoms with Crippen molar-refractivity contribution in [2.45, 2.75) is 59.9 Å². The number of aliphatic hydroxyl groups is 3. The van der Waals surface area contributed by atoms with E-state index in [1.54, 1.807) is 41.5 Å². The van der Waals surface area contributed by atoms with E-state index in [-0.39, 0.29) is 44.7 Å². The summed E-state index contributed by atoms with van der Waals surface area (Å²) < 4.78 is 0. The van der Waals surface area contributed by atoms with Crippen LogP contribution in [0, 0.1) is 0 Å². The molecule has 0 bridgehead atoms. The fraction of sp³-hybridized carbons (Fsp3) is 1.00. The Hall–Kier alpha value is 0.524. The largest absolute Gasteiger partial charge is 1.00 e. The molecule has 0 aliphatic rings. The van der Waals surface area contributed by atoms with E-state index < -0.39 is 0 Å². The fourth-order valence-electron chi connectivity index (χ4n) is 0. The first-order valence-corrected chi connectivity index (χ1v) is 4.24. The molecule has 0 spiro atoms. The average molecular weight is 247 g/mol. The summed E-state index contributed by atoms with van der Waals surface area (Å²) in [6.07, 6.45) is -0.500. The molecule has 0 aromatic rings. The standard InChI is InChI=1S/3C3H8O.FH.Ti/c3*1-3(2)4;;/h3*3-4H,1-2H3;1H;/p-1. The summed E-state index contributed by atoms with van der Waals surface area (Å²) in [5.41, 5.74) is 0. The van der Waals surface area contributed by atoms with Crippen LogP contribution in [0.15, 0.2) is 0 Å². The van der Waals surface area contributed by atoms with E-state index in [2.05, 4.69) is 0 Å². The first kappa shape index (κ1) is 29.3. The van der Waals surface area contributed by atoms with Gasteiger partial charge in [0.25, 0.3) is 0 Å². The first-order valence-electron chi connectivity index (χ1n) is 4.24. The summed E-state index contributed by atoms with van der Waals surface area (Å²) >= 11 is 0. The molecule has 5 heteroatoms. The molecule has 0 aliphatic heterocycles. The second-order valence-electron chi connectivity index (χ2n) is 3.28. The molecule has 0 saturated carbocycles. The van der Waals surface area contributed by atoms with Gasteiger partial charge in [0.05, 0.1) is 0 Å². The van der Waals surface area contributed by atoms with Crippen molar-refractivity contribution in [2.75, 3.05) is 0 Å². The number of hydrogen-bond acceptors (Lipinski definition) is 3. The van der Waals surface area contributed by atoms with Crippen LogP contribution in [0.5, 0.6) is 0 Å². The Morgan fingerprint density at radius 1 is 0.571 bits per heavy atom. The van der Waals surface area contributed by atoms with Crippen LogP contribution in [0.4, 0.5) is 0 Å². The minimum Gasteiger partial charge on any atom is -1.00 e. The predicted octanol–water partition coefficient (Wildman–Crippen LogP) is -1.84. The van der Waals surface area contributed by atoms with Crippen LogP contribution in [0.3, 0.4) is 0 Å². The Bertz CT molecular complexity index is 48.5. The Morgan fingerprint density at radius 3 is 0.571 bits per heavy atom. The number of aliphatic hydroxyl groups excluding tert-OH is 3. The van der Waals surface area contributed by atoms with Gasteiger partial charge in [-0.3, -0.25) is 0 Å². The Kier molecular flexibility index (Phi) is 48.9. The monoisotopic (exact) mass is 247 g/mol. The maximum absolute atomic E-state index is 8.06. The number of halogens is 1. The van der Waals surface area contributed by atoms with Gasteiger partial charge < -0.3 is 20.0 Å².